The fourth-order valence-corrected chi connectivity index (χ4v) is 4.28. The molecule has 0 aliphatic carbocycles. The molecule has 3 heteroatoms. The van der Waals surface area contributed by atoms with Gasteiger partial charge in [0.15, 0.2) is 0 Å². The van der Waals surface area contributed by atoms with Crippen LogP contribution in [0.5, 0.6) is 0 Å². The smallest absolute Gasteiger partial charge is 0.0701 e. The molecule has 0 bridgehead atoms. The third-order valence-corrected chi connectivity index (χ3v) is 6.53. The van der Waals surface area contributed by atoms with Gasteiger partial charge in [0.25, 0.3) is 0 Å². The van der Waals surface area contributed by atoms with Gasteiger partial charge in [-0.2, -0.15) is 0 Å². The Morgan fingerprint density at radius 3 is 0.727 bits per heavy atom. The lowest BCUT2D eigenvalue weighted by molar-refractivity contribution is 0.0132. The molecule has 3 nitrogen and oxygen atoms in total. The maximum Gasteiger partial charge on any atom is 0.0701 e. The normalized spacial score (nSPS) is 11.5. The Hall–Kier alpha value is -0.120. The zero-order valence-corrected chi connectivity index (χ0v) is 23.0. The molecule has 0 radical (unpaired) electrons. The lowest BCUT2D eigenvalue weighted by Gasteiger charge is -2.07. The summed E-state index contributed by atoms with van der Waals surface area (Å²) in [5.74, 6) is 0. The lowest BCUT2D eigenvalue weighted by atomic mass is 10.1. The van der Waals surface area contributed by atoms with E-state index in [0.29, 0.717) is 13.2 Å². The Morgan fingerprint density at radius 2 is 0.455 bits per heavy atom. The first kappa shape index (κ1) is 32.9. The summed E-state index contributed by atoms with van der Waals surface area (Å²) in [5.41, 5.74) is 0. The van der Waals surface area contributed by atoms with E-state index >= 15 is 0 Å². The van der Waals surface area contributed by atoms with Gasteiger partial charge in [0.1, 0.15) is 0 Å². The number of unbranched alkanes of at least 4 members (excludes halogenated alkanes) is 20. The van der Waals surface area contributed by atoms with Crippen molar-refractivity contribution in [3.63, 3.8) is 0 Å². The maximum absolute atomic E-state index is 5.67. The van der Waals surface area contributed by atoms with Gasteiger partial charge in [-0.25, -0.2) is 0 Å². The van der Waals surface area contributed by atoms with E-state index in [9.17, 15) is 0 Å². The third-order valence-electron chi connectivity index (χ3n) is 6.53. The molecular formula is C30H62O3. The van der Waals surface area contributed by atoms with Crippen LogP contribution in [0.2, 0.25) is 0 Å². The Morgan fingerprint density at radius 1 is 0.242 bits per heavy atom. The minimum Gasteiger partial charge on any atom is -0.379 e. The first-order valence-corrected chi connectivity index (χ1v) is 15.1. The molecule has 0 fully saturated rings. The van der Waals surface area contributed by atoms with Gasteiger partial charge in [-0.05, 0) is 12.8 Å². The SMILES string of the molecule is CCCCCCCCCCCCCOCCOCCOCCCCCCCCCCCCC. The van der Waals surface area contributed by atoms with Crippen LogP contribution in [0.15, 0.2) is 0 Å². The standard InChI is InChI=1S/C30H62O3/c1-3-5-7-9-11-13-15-17-19-21-23-25-31-27-29-33-30-28-32-26-24-22-20-18-16-14-12-10-8-6-4-2/h3-30H2,1-2H3. The van der Waals surface area contributed by atoms with Gasteiger partial charge in [0.2, 0.25) is 0 Å². The second-order valence-electron chi connectivity index (χ2n) is 9.91. The molecule has 0 aliphatic heterocycles. The first-order valence-electron chi connectivity index (χ1n) is 15.1. The largest absolute Gasteiger partial charge is 0.379 e. The molecule has 0 aromatic carbocycles. The minimum absolute atomic E-state index is 0.694. The Balaban J connectivity index is 2.99. The van der Waals surface area contributed by atoms with E-state index in [0.717, 1.165) is 26.4 Å². The van der Waals surface area contributed by atoms with Crippen molar-refractivity contribution in [2.24, 2.45) is 0 Å². The van der Waals surface area contributed by atoms with Crippen molar-refractivity contribution in [2.45, 2.75) is 155 Å². The molecule has 0 N–H and O–H groups in total. The number of ether oxygens (including phenoxy) is 3. The molecule has 0 aromatic rings. The van der Waals surface area contributed by atoms with E-state index in [1.54, 1.807) is 0 Å². The molecule has 0 aliphatic rings. The topological polar surface area (TPSA) is 27.7 Å². The van der Waals surface area contributed by atoms with Crippen LogP contribution in [-0.2, 0) is 14.2 Å². The van der Waals surface area contributed by atoms with Crippen molar-refractivity contribution < 1.29 is 14.2 Å². The van der Waals surface area contributed by atoms with Crippen LogP contribution in [0.3, 0.4) is 0 Å². The fourth-order valence-electron chi connectivity index (χ4n) is 4.28. The molecule has 0 aromatic heterocycles. The summed E-state index contributed by atoms with van der Waals surface area (Å²) in [6.07, 6.45) is 30.4. The predicted molar refractivity (Wildman–Crippen MR) is 145 cm³/mol. The van der Waals surface area contributed by atoms with E-state index in [-0.39, 0.29) is 0 Å². The van der Waals surface area contributed by atoms with Gasteiger partial charge in [-0.15, -0.1) is 0 Å². The maximum atomic E-state index is 5.67. The molecule has 0 saturated heterocycles. The van der Waals surface area contributed by atoms with Crippen molar-refractivity contribution in [1.29, 1.82) is 0 Å². The van der Waals surface area contributed by atoms with E-state index in [4.69, 9.17) is 14.2 Å². The van der Waals surface area contributed by atoms with Gasteiger partial charge in [-0.1, -0.05) is 142 Å². The zero-order chi connectivity index (χ0) is 23.9. The van der Waals surface area contributed by atoms with Crippen molar-refractivity contribution in [3.05, 3.63) is 0 Å². The van der Waals surface area contributed by atoms with E-state index in [1.807, 2.05) is 0 Å². The van der Waals surface area contributed by atoms with Crippen molar-refractivity contribution in [1.82, 2.24) is 0 Å². The summed E-state index contributed by atoms with van der Waals surface area (Å²) in [6, 6.07) is 0. The summed E-state index contributed by atoms with van der Waals surface area (Å²) in [6.45, 7) is 9.17. The van der Waals surface area contributed by atoms with Crippen LogP contribution in [0.4, 0.5) is 0 Å². The molecule has 0 unspecified atom stereocenters. The van der Waals surface area contributed by atoms with E-state index in [1.165, 1.54) is 141 Å². The fraction of sp³-hybridized carbons (Fsp3) is 1.00. The van der Waals surface area contributed by atoms with Crippen molar-refractivity contribution in [3.8, 4) is 0 Å². The molecule has 0 amide bonds. The van der Waals surface area contributed by atoms with Crippen LogP contribution in [0.25, 0.3) is 0 Å². The molecule has 0 spiro atoms. The van der Waals surface area contributed by atoms with Crippen LogP contribution in [0, 0.1) is 0 Å². The molecule has 0 heterocycles. The molecule has 33 heavy (non-hydrogen) atoms. The van der Waals surface area contributed by atoms with Gasteiger partial charge >= 0.3 is 0 Å². The molecule has 0 saturated carbocycles. The highest BCUT2D eigenvalue weighted by Gasteiger charge is 1.96. The molecule has 0 atom stereocenters. The predicted octanol–water partition coefficient (Wildman–Crippen LogP) is 9.66. The molecular weight excluding hydrogens is 408 g/mol. The number of hydrogen-bond donors (Lipinski definition) is 0. The Bertz CT molecular complexity index is 292. The average Bonchev–Trinajstić information content (AvgIpc) is 2.83. The van der Waals surface area contributed by atoms with E-state index < -0.39 is 0 Å². The Labute approximate surface area is 209 Å². The van der Waals surface area contributed by atoms with Crippen LogP contribution >= 0.6 is 0 Å². The highest BCUT2D eigenvalue weighted by Crippen LogP contribution is 2.12. The summed E-state index contributed by atoms with van der Waals surface area (Å²) in [4.78, 5) is 0. The monoisotopic (exact) mass is 470 g/mol. The number of rotatable bonds is 30. The van der Waals surface area contributed by atoms with Crippen LogP contribution < -0.4 is 0 Å². The minimum atomic E-state index is 0.694. The highest BCUT2D eigenvalue weighted by atomic mass is 16.5. The van der Waals surface area contributed by atoms with Gasteiger partial charge in [0.05, 0.1) is 26.4 Å². The number of hydrogen-bond acceptors (Lipinski definition) is 3. The lowest BCUT2D eigenvalue weighted by Crippen LogP contribution is -2.10. The summed E-state index contributed by atoms with van der Waals surface area (Å²) in [5, 5.41) is 0. The van der Waals surface area contributed by atoms with Gasteiger partial charge in [0, 0.05) is 13.2 Å². The molecule has 200 valence electrons. The third kappa shape index (κ3) is 31.9. The second kappa shape index (κ2) is 31.9. The van der Waals surface area contributed by atoms with Gasteiger partial charge in [-0.3, -0.25) is 0 Å². The van der Waals surface area contributed by atoms with Gasteiger partial charge < -0.3 is 14.2 Å². The van der Waals surface area contributed by atoms with Crippen LogP contribution in [-0.4, -0.2) is 39.6 Å². The first-order chi connectivity index (χ1) is 16.4. The summed E-state index contributed by atoms with van der Waals surface area (Å²) >= 11 is 0. The zero-order valence-electron chi connectivity index (χ0n) is 23.0. The Kier molecular flexibility index (Phi) is 31.8. The highest BCUT2D eigenvalue weighted by molar-refractivity contribution is 4.49. The van der Waals surface area contributed by atoms with Crippen LogP contribution in [0.1, 0.15) is 155 Å². The van der Waals surface area contributed by atoms with Crippen molar-refractivity contribution in [2.75, 3.05) is 39.6 Å². The average molecular weight is 471 g/mol. The summed E-state index contributed by atoms with van der Waals surface area (Å²) < 4.78 is 16.9. The van der Waals surface area contributed by atoms with Crippen molar-refractivity contribution >= 4 is 0 Å². The molecule has 0 rings (SSSR count). The summed E-state index contributed by atoms with van der Waals surface area (Å²) in [7, 11) is 0. The van der Waals surface area contributed by atoms with E-state index in [2.05, 4.69) is 13.8 Å². The second-order valence-corrected chi connectivity index (χ2v) is 9.91. The quantitative estimate of drug-likeness (QED) is 0.0978.